The van der Waals surface area contributed by atoms with Crippen LogP contribution < -0.4 is 0 Å². The van der Waals surface area contributed by atoms with Crippen molar-refractivity contribution >= 4 is 5.97 Å². The first-order valence-corrected chi connectivity index (χ1v) is 8.15. The van der Waals surface area contributed by atoms with Gasteiger partial charge in [-0.1, -0.05) is 37.1 Å². The van der Waals surface area contributed by atoms with Gasteiger partial charge in [0, 0.05) is 0 Å². The van der Waals surface area contributed by atoms with E-state index in [2.05, 4.69) is 30.1 Å². The summed E-state index contributed by atoms with van der Waals surface area (Å²) in [5.41, 5.74) is 1.78. The van der Waals surface area contributed by atoms with Crippen LogP contribution in [0.4, 0.5) is 0 Å². The van der Waals surface area contributed by atoms with Gasteiger partial charge >= 0.3 is 5.97 Å². The molecule has 0 bridgehead atoms. The lowest BCUT2D eigenvalue weighted by Gasteiger charge is -2.34. The molecule has 1 aromatic carbocycles. The molecule has 0 amide bonds. The molecule has 1 heterocycles. The number of piperidine rings is 1. The molecule has 114 valence electrons. The van der Waals surface area contributed by atoms with Gasteiger partial charge in [-0.15, -0.1) is 0 Å². The van der Waals surface area contributed by atoms with E-state index in [4.69, 9.17) is 0 Å². The van der Waals surface area contributed by atoms with E-state index >= 15 is 0 Å². The first-order valence-electron chi connectivity index (χ1n) is 8.15. The molecule has 1 N–H and O–H groups in total. The molecule has 0 spiro atoms. The number of benzene rings is 1. The number of carboxylic acid groups (broad SMARTS) is 1. The maximum Gasteiger partial charge on any atom is 0.314 e. The molecule has 1 aliphatic heterocycles. The largest absolute Gasteiger partial charge is 0.481 e. The van der Waals surface area contributed by atoms with Gasteiger partial charge in [0.2, 0.25) is 0 Å². The predicted octanol–water partition coefficient (Wildman–Crippen LogP) is 3.39. The second-order valence-corrected chi connectivity index (χ2v) is 6.76. The fourth-order valence-corrected chi connectivity index (χ4v) is 4.19. The van der Waals surface area contributed by atoms with Gasteiger partial charge < -0.3 is 10.0 Å². The molecule has 2 fully saturated rings. The summed E-state index contributed by atoms with van der Waals surface area (Å²) in [5, 5.41) is 9.87. The molecule has 0 unspecified atom stereocenters. The number of rotatable bonds is 3. The van der Waals surface area contributed by atoms with Crippen molar-refractivity contribution < 1.29 is 9.90 Å². The molecule has 0 radical (unpaired) electrons. The Morgan fingerprint density at radius 3 is 2.43 bits per heavy atom. The van der Waals surface area contributed by atoms with E-state index < -0.39 is 11.4 Å². The van der Waals surface area contributed by atoms with Crippen LogP contribution in [0, 0.1) is 0 Å². The second kappa shape index (κ2) is 5.80. The number of hydrogen-bond donors (Lipinski definition) is 1. The first kappa shape index (κ1) is 14.6. The van der Waals surface area contributed by atoms with Crippen LogP contribution in [0.1, 0.15) is 55.6 Å². The molecule has 1 aromatic rings. The fraction of sp³-hybridized carbons (Fsp3) is 0.611. The van der Waals surface area contributed by atoms with E-state index in [9.17, 15) is 9.90 Å². The molecule has 0 aromatic heterocycles. The van der Waals surface area contributed by atoms with E-state index in [1.165, 1.54) is 5.56 Å². The van der Waals surface area contributed by atoms with Crippen molar-refractivity contribution in [1.29, 1.82) is 0 Å². The summed E-state index contributed by atoms with van der Waals surface area (Å²) in [6.07, 6.45) is 5.95. The Labute approximate surface area is 127 Å². The van der Waals surface area contributed by atoms with Crippen LogP contribution >= 0.6 is 0 Å². The normalized spacial score (nSPS) is 23.3. The number of likely N-dealkylation sites (tertiary alicyclic amines) is 1. The van der Waals surface area contributed by atoms with Gasteiger partial charge in [0.05, 0.1) is 5.41 Å². The summed E-state index contributed by atoms with van der Waals surface area (Å²) in [7, 11) is 2.16. The monoisotopic (exact) mass is 287 g/mol. The number of aliphatic carboxylic acids is 1. The molecular weight excluding hydrogens is 262 g/mol. The minimum Gasteiger partial charge on any atom is -0.481 e. The highest BCUT2D eigenvalue weighted by Crippen LogP contribution is 2.45. The molecule has 1 aliphatic carbocycles. The quantitative estimate of drug-likeness (QED) is 0.926. The van der Waals surface area contributed by atoms with Gasteiger partial charge in [0.1, 0.15) is 0 Å². The van der Waals surface area contributed by atoms with Crippen LogP contribution in [0.2, 0.25) is 0 Å². The van der Waals surface area contributed by atoms with Crippen LogP contribution in [0.3, 0.4) is 0 Å². The molecular formula is C18H25NO2. The first-order chi connectivity index (χ1) is 10.1. The van der Waals surface area contributed by atoms with Crippen molar-refractivity contribution in [2.24, 2.45) is 0 Å². The fourth-order valence-electron chi connectivity index (χ4n) is 4.19. The number of carbonyl (C=O) groups is 1. The lowest BCUT2D eigenvalue weighted by atomic mass is 9.73. The third-order valence-electron chi connectivity index (χ3n) is 5.50. The Hall–Kier alpha value is -1.35. The summed E-state index contributed by atoms with van der Waals surface area (Å²) in [4.78, 5) is 14.4. The maximum absolute atomic E-state index is 12.0. The van der Waals surface area contributed by atoms with Gasteiger partial charge in [-0.3, -0.25) is 4.79 Å². The highest BCUT2D eigenvalue weighted by Gasteiger charge is 2.44. The Morgan fingerprint density at radius 1 is 1.19 bits per heavy atom. The van der Waals surface area contributed by atoms with Crippen molar-refractivity contribution in [1.82, 2.24) is 4.90 Å². The zero-order valence-corrected chi connectivity index (χ0v) is 12.8. The highest BCUT2D eigenvalue weighted by molar-refractivity contribution is 5.82. The Balaban J connectivity index is 1.97. The summed E-state index contributed by atoms with van der Waals surface area (Å²) >= 11 is 0. The number of hydrogen-bond acceptors (Lipinski definition) is 2. The third-order valence-corrected chi connectivity index (χ3v) is 5.50. The summed E-state index contributed by atoms with van der Waals surface area (Å²) < 4.78 is 0. The summed E-state index contributed by atoms with van der Waals surface area (Å²) in [6, 6.07) is 8.33. The molecule has 1 saturated carbocycles. The van der Waals surface area contributed by atoms with Gasteiger partial charge in [0.25, 0.3) is 0 Å². The SMILES string of the molecule is CN1CCC(c2ccccc2C2(C(=O)O)CCCC2)CC1. The van der Waals surface area contributed by atoms with Crippen LogP contribution in [0.5, 0.6) is 0 Å². The zero-order valence-electron chi connectivity index (χ0n) is 12.8. The van der Waals surface area contributed by atoms with Crippen molar-refractivity contribution in [2.45, 2.75) is 49.9 Å². The Kier molecular flexibility index (Phi) is 4.03. The average Bonchev–Trinajstić information content (AvgIpc) is 2.99. The van der Waals surface area contributed by atoms with Crippen molar-refractivity contribution in [3.8, 4) is 0 Å². The molecule has 3 heteroatoms. The predicted molar refractivity (Wildman–Crippen MR) is 83.7 cm³/mol. The summed E-state index contributed by atoms with van der Waals surface area (Å²) in [6.45, 7) is 2.22. The number of carboxylic acids is 1. The zero-order chi connectivity index (χ0) is 14.9. The summed E-state index contributed by atoms with van der Waals surface area (Å²) in [5.74, 6) is -0.102. The molecule has 1 saturated heterocycles. The van der Waals surface area contributed by atoms with Gasteiger partial charge in [-0.2, -0.15) is 0 Å². The highest BCUT2D eigenvalue weighted by atomic mass is 16.4. The molecule has 0 atom stereocenters. The van der Waals surface area contributed by atoms with Crippen LogP contribution in [0.25, 0.3) is 0 Å². The maximum atomic E-state index is 12.0. The Bertz CT molecular complexity index is 512. The van der Waals surface area contributed by atoms with Crippen LogP contribution in [0.15, 0.2) is 24.3 Å². The average molecular weight is 287 g/mol. The van der Waals surface area contributed by atoms with E-state index in [0.717, 1.165) is 57.2 Å². The molecule has 21 heavy (non-hydrogen) atoms. The van der Waals surface area contributed by atoms with E-state index in [0.29, 0.717) is 5.92 Å². The standard InChI is InChI=1S/C18H25NO2/c1-19-12-8-14(9-13-19)15-6-2-3-7-16(15)18(17(20)21)10-4-5-11-18/h2-3,6-7,14H,4-5,8-13H2,1H3,(H,20,21). The van der Waals surface area contributed by atoms with E-state index in [1.807, 2.05) is 6.07 Å². The molecule has 3 rings (SSSR count). The second-order valence-electron chi connectivity index (χ2n) is 6.76. The van der Waals surface area contributed by atoms with Crippen molar-refractivity contribution in [3.63, 3.8) is 0 Å². The van der Waals surface area contributed by atoms with Crippen molar-refractivity contribution in [2.75, 3.05) is 20.1 Å². The third kappa shape index (κ3) is 2.59. The van der Waals surface area contributed by atoms with Gasteiger partial charge in [-0.05, 0) is 62.9 Å². The number of nitrogens with zero attached hydrogens (tertiary/aromatic N) is 1. The minimum absolute atomic E-state index is 0.522. The minimum atomic E-state index is -0.625. The topological polar surface area (TPSA) is 40.5 Å². The van der Waals surface area contributed by atoms with Gasteiger partial charge in [-0.25, -0.2) is 0 Å². The smallest absolute Gasteiger partial charge is 0.314 e. The lowest BCUT2D eigenvalue weighted by molar-refractivity contribution is -0.143. The van der Waals surface area contributed by atoms with Crippen LogP contribution in [-0.2, 0) is 10.2 Å². The molecule has 2 aliphatic rings. The van der Waals surface area contributed by atoms with Gasteiger partial charge in [0.15, 0.2) is 0 Å². The lowest BCUT2D eigenvalue weighted by Crippen LogP contribution is -2.35. The van der Waals surface area contributed by atoms with E-state index in [1.54, 1.807) is 0 Å². The van der Waals surface area contributed by atoms with Crippen LogP contribution in [-0.4, -0.2) is 36.1 Å². The molecule has 3 nitrogen and oxygen atoms in total. The van der Waals surface area contributed by atoms with E-state index in [-0.39, 0.29) is 0 Å². The van der Waals surface area contributed by atoms with Crippen molar-refractivity contribution in [3.05, 3.63) is 35.4 Å². The Morgan fingerprint density at radius 2 is 1.81 bits per heavy atom.